The van der Waals surface area contributed by atoms with E-state index in [9.17, 15) is 4.79 Å². The molecule has 0 aliphatic rings. The van der Waals surface area contributed by atoms with Crippen LogP contribution in [0.15, 0.2) is 22.9 Å². The molecule has 1 rings (SSSR count). The molecule has 0 saturated carbocycles. The van der Waals surface area contributed by atoms with Crippen LogP contribution in [0.3, 0.4) is 0 Å². The second-order valence-electron chi connectivity index (χ2n) is 2.05. The maximum absolute atomic E-state index is 10.9. The average molecular weight is 230 g/mol. The van der Waals surface area contributed by atoms with Gasteiger partial charge < -0.3 is 10.6 Å². The zero-order valence-corrected chi connectivity index (χ0v) is 8.05. The quantitative estimate of drug-likeness (QED) is 0.720. The highest BCUT2D eigenvalue weighted by molar-refractivity contribution is 9.10. The van der Waals surface area contributed by atoms with Crippen molar-refractivity contribution in [3.05, 3.63) is 22.9 Å². The molecule has 2 amide bonds. The topological polar surface area (TPSA) is 54.0 Å². The summed E-state index contributed by atoms with van der Waals surface area (Å²) >= 11 is 3.20. The zero-order chi connectivity index (χ0) is 8.97. The van der Waals surface area contributed by atoms with E-state index < -0.39 is 0 Å². The zero-order valence-electron chi connectivity index (χ0n) is 6.47. The number of carbonyl (C=O) groups is 1. The summed E-state index contributed by atoms with van der Waals surface area (Å²) in [6, 6.07) is 3.24. The van der Waals surface area contributed by atoms with Gasteiger partial charge in [0, 0.05) is 13.2 Å². The van der Waals surface area contributed by atoms with Gasteiger partial charge in [0.15, 0.2) is 0 Å². The van der Waals surface area contributed by atoms with Crippen molar-refractivity contribution in [2.24, 2.45) is 0 Å². The number of hydrogen-bond donors (Lipinski definition) is 2. The lowest BCUT2D eigenvalue weighted by Gasteiger charge is -2.04. The molecule has 1 aromatic heterocycles. The van der Waals surface area contributed by atoms with Crippen LogP contribution in [0.1, 0.15) is 0 Å². The molecule has 0 unspecified atom stereocenters. The molecule has 12 heavy (non-hydrogen) atoms. The first-order valence-electron chi connectivity index (χ1n) is 3.33. The highest BCUT2D eigenvalue weighted by Crippen LogP contribution is 2.17. The molecular formula is C7H8BrN3O. The Morgan fingerprint density at radius 1 is 1.67 bits per heavy atom. The minimum atomic E-state index is -0.260. The number of halogens is 1. The molecule has 0 atom stereocenters. The van der Waals surface area contributed by atoms with Crippen molar-refractivity contribution in [1.82, 2.24) is 10.3 Å². The molecule has 1 heterocycles. The first-order valence-corrected chi connectivity index (χ1v) is 4.12. The number of anilines is 1. The molecule has 0 aromatic carbocycles. The Balaban J connectivity index is 2.75. The number of carbonyl (C=O) groups excluding carboxylic acids is 1. The van der Waals surface area contributed by atoms with Crippen molar-refractivity contribution in [3.63, 3.8) is 0 Å². The molecule has 0 bridgehead atoms. The first-order chi connectivity index (χ1) is 5.74. The molecule has 0 saturated heterocycles. The maximum atomic E-state index is 10.9. The van der Waals surface area contributed by atoms with Gasteiger partial charge in [-0.15, -0.1) is 0 Å². The van der Waals surface area contributed by atoms with Gasteiger partial charge >= 0.3 is 6.03 Å². The summed E-state index contributed by atoms with van der Waals surface area (Å²) in [5.41, 5.74) is 0.650. The summed E-state index contributed by atoms with van der Waals surface area (Å²) in [4.78, 5) is 14.8. The lowest BCUT2D eigenvalue weighted by molar-refractivity contribution is 0.254. The van der Waals surface area contributed by atoms with Gasteiger partial charge in [0.2, 0.25) is 0 Å². The number of nitrogens with one attached hydrogen (secondary N) is 2. The smallest absolute Gasteiger partial charge is 0.319 e. The third-order valence-electron chi connectivity index (χ3n) is 1.23. The molecule has 0 fully saturated rings. The second kappa shape index (κ2) is 4.06. The normalized spacial score (nSPS) is 9.17. The molecule has 0 aliphatic carbocycles. The fourth-order valence-corrected chi connectivity index (χ4v) is 1.01. The lowest BCUT2D eigenvalue weighted by Crippen LogP contribution is -2.24. The third kappa shape index (κ3) is 2.20. The van der Waals surface area contributed by atoms with Crippen molar-refractivity contribution in [2.45, 2.75) is 0 Å². The SMILES string of the molecule is CNC(=O)Nc1cccnc1Br. The number of aromatic nitrogens is 1. The van der Waals surface area contributed by atoms with Crippen LogP contribution in [-0.4, -0.2) is 18.1 Å². The van der Waals surface area contributed by atoms with Gasteiger partial charge in [-0.2, -0.15) is 0 Å². The van der Waals surface area contributed by atoms with E-state index in [0.29, 0.717) is 10.3 Å². The van der Waals surface area contributed by atoms with E-state index in [1.54, 1.807) is 25.4 Å². The van der Waals surface area contributed by atoms with Crippen LogP contribution in [-0.2, 0) is 0 Å². The number of rotatable bonds is 1. The number of amides is 2. The molecule has 5 heteroatoms. The molecule has 64 valence electrons. The number of urea groups is 1. The van der Waals surface area contributed by atoms with Gasteiger partial charge in [-0.1, -0.05) is 0 Å². The fraction of sp³-hybridized carbons (Fsp3) is 0.143. The van der Waals surface area contributed by atoms with Crippen molar-refractivity contribution < 1.29 is 4.79 Å². The number of pyridine rings is 1. The van der Waals surface area contributed by atoms with Crippen LogP contribution in [0, 0.1) is 0 Å². The van der Waals surface area contributed by atoms with Crippen LogP contribution in [0.5, 0.6) is 0 Å². The maximum Gasteiger partial charge on any atom is 0.319 e. The van der Waals surface area contributed by atoms with E-state index in [4.69, 9.17) is 0 Å². The Morgan fingerprint density at radius 3 is 3.00 bits per heavy atom. The summed E-state index contributed by atoms with van der Waals surface area (Å²) in [5, 5.41) is 5.04. The van der Waals surface area contributed by atoms with E-state index in [1.807, 2.05) is 0 Å². The highest BCUT2D eigenvalue weighted by Gasteiger charge is 2.01. The molecular weight excluding hydrogens is 222 g/mol. The molecule has 0 radical (unpaired) electrons. The van der Waals surface area contributed by atoms with E-state index in [2.05, 4.69) is 31.5 Å². The summed E-state index contributed by atoms with van der Waals surface area (Å²) in [6.07, 6.45) is 1.64. The van der Waals surface area contributed by atoms with Gasteiger partial charge in [-0.05, 0) is 28.1 Å². The second-order valence-corrected chi connectivity index (χ2v) is 2.80. The Kier molecular flexibility index (Phi) is 3.04. The number of nitrogens with zero attached hydrogens (tertiary/aromatic N) is 1. The Bertz CT molecular complexity index is 290. The fourth-order valence-electron chi connectivity index (χ4n) is 0.664. The third-order valence-corrected chi connectivity index (χ3v) is 1.87. The summed E-state index contributed by atoms with van der Waals surface area (Å²) in [7, 11) is 1.56. The Hall–Kier alpha value is -1.10. The molecule has 0 aliphatic heterocycles. The summed E-state index contributed by atoms with van der Waals surface area (Å²) < 4.78 is 0.619. The first kappa shape index (κ1) is 8.99. The van der Waals surface area contributed by atoms with Crippen molar-refractivity contribution >= 4 is 27.6 Å². The van der Waals surface area contributed by atoms with Crippen molar-refractivity contribution in [1.29, 1.82) is 0 Å². The van der Waals surface area contributed by atoms with Gasteiger partial charge in [-0.3, -0.25) is 0 Å². The number of hydrogen-bond acceptors (Lipinski definition) is 2. The van der Waals surface area contributed by atoms with Crippen molar-refractivity contribution in [2.75, 3.05) is 12.4 Å². The molecule has 2 N–H and O–H groups in total. The van der Waals surface area contributed by atoms with Crippen LogP contribution in [0.2, 0.25) is 0 Å². The van der Waals surface area contributed by atoms with E-state index in [1.165, 1.54) is 0 Å². The van der Waals surface area contributed by atoms with Gasteiger partial charge in [0.1, 0.15) is 4.60 Å². The lowest BCUT2D eigenvalue weighted by atomic mass is 10.4. The van der Waals surface area contributed by atoms with Crippen LogP contribution in [0.25, 0.3) is 0 Å². The molecule has 1 aromatic rings. The predicted molar refractivity (Wildman–Crippen MR) is 50.0 cm³/mol. The standard InChI is InChI=1S/C7H8BrN3O/c1-9-7(12)11-5-3-2-4-10-6(5)8/h2-4H,1H3,(H2,9,11,12). The van der Waals surface area contributed by atoms with Gasteiger partial charge in [-0.25, -0.2) is 9.78 Å². The van der Waals surface area contributed by atoms with Crippen molar-refractivity contribution in [3.8, 4) is 0 Å². The molecule has 4 nitrogen and oxygen atoms in total. The van der Waals surface area contributed by atoms with Gasteiger partial charge in [0.25, 0.3) is 0 Å². The van der Waals surface area contributed by atoms with Crippen LogP contribution >= 0.6 is 15.9 Å². The summed E-state index contributed by atoms with van der Waals surface area (Å²) in [6.45, 7) is 0. The Labute approximate surface area is 78.5 Å². The van der Waals surface area contributed by atoms with E-state index in [-0.39, 0.29) is 6.03 Å². The molecule has 0 spiro atoms. The average Bonchev–Trinajstić information content (AvgIpc) is 2.09. The Morgan fingerprint density at radius 2 is 2.42 bits per heavy atom. The van der Waals surface area contributed by atoms with Crippen LogP contribution < -0.4 is 10.6 Å². The monoisotopic (exact) mass is 229 g/mol. The largest absolute Gasteiger partial charge is 0.341 e. The van der Waals surface area contributed by atoms with Gasteiger partial charge in [0.05, 0.1) is 5.69 Å². The minimum absolute atomic E-state index is 0.260. The highest BCUT2D eigenvalue weighted by atomic mass is 79.9. The van der Waals surface area contributed by atoms with Crippen LogP contribution in [0.4, 0.5) is 10.5 Å². The predicted octanol–water partition coefficient (Wildman–Crippen LogP) is 1.60. The minimum Gasteiger partial charge on any atom is -0.341 e. The van der Waals surface area contributed by atoms with E-state index >= 15 is 0 Å². The summed E-state index contributed by atoms with van der Waals surface area (Å²) in [5.74, 6) is 0. The van der Waals surface area contributed by atoms with E-state index in [0.717, 1.165) is 0 Å².